The van der Waals surface area contributed by atoms with E-state index in [2.05, 4.69) is 15.5 Å². The molecular weight excluding hydrogens is 126 g/mol. The molecule has 0 aliphatic carbocycles. The highest BCUT2D eigenvalue weighted by atomic mass is 35.5. The maximum atomic E-state index is 3.81. The Labute approximate surface area is 54.0 Å². The number of hydrogen-bond donors (Lipinski definition) is 1. The van der Waals surface area contributed by atoms with Crippen LogP contribution >= 0.6 is 12.4 Å². The zero-order valence-electron chi connectivity index (χ0n) is 4.37. The van der Waals surface area contributed by atoms with Crippen LogP contribution in [0.25, 0.3) is 0 Å². The van der Waals surface area contributed by atoms with Crippen LogP contribution in [0.3, 0.4) is 0 Å². The molecule has 0 unspecified atom stereocenters. The van der Waals surface area contributed by atoms with E-state index in [0.717, 1.165) is 19.0 Å². The fourth-order valence-electron chi connectivity index (χ4n) is 0.749. The van der Waals surface area contributed by atoms with Crippen LogP contribution in [0.15, 0.2) is 10.2 Å². The van der Waals surface area contributed by atoms with Crippen LogP contribution in [-0.2, 0) is 0 Å². The Balaban J connectivity index is 0.000000320. The van der Waals surface area contributed by atoms with E-state index in [1.54, 1.807) is 0 Å². The molecular formula is C4H8ClN3. The standard InChI is InChI=1S/C4H7N3.ClH/c1-3(2-5-1)4-6-7-4;/h3-5H,1-2H2;1H. The fraction of sp³-hybridized carbons (Fsp3) is 1.00. The van der Waals surface area contributed by atoms with Crippen molar-refractivity contribution in [2.24, 2.45) is 16.1 Å². The van der Waals surface area contributed by atoms with Crippen molar-refractivity contribution in [3.63, 3.8) is 0 Å². The van der Waals surface area contributed by atoms with Crippen molar-refractivity contribution >= 4 is 12.4 Å². The van der Waals surface area contributed by atoms with E-state index in [1.807, 2.05) is 0 Å². The molecule has 0 aromatic carbocycles. The van der Waals surface area contributed by atoms with E-state index in [9.17, 15) is 0 Å². The Kier molecular flexibility index (Phi) is 1.49. The lowest BCUT2D eigenvalue weighted by Crippen LogP contribution is -2.44. The van der Waals surface area contributed by atoms with Crippen LogP contribution in [0.1, 0.15) is 0 Å². The highest BCUT2D eigenvalue weighted by Gasteiger charge is 2.32. The van der Waals surface area contributed by atoms with E-state index in [-0.39, 0.29) is 12.4 Å². The Morgan fingerprint density at radius 2 is 1.88 bits per heavy atom. The van der Waals surface area contributed by atoms with Gasteiger partial charge in [-0.3, -0.25) is 0 Å². The van der Waals surface area contributed by atoms with Gasteiger partial charge in [0, 0.05) is 19.0 Å². The molecule has 0 radical (unpaired) electrons. The molecule has 0 saturated carbocycles. The molecule has 2 aliphatic rings. The van der Waals surface area contributed by atoms with Crippen molar-refractivity contribution in [1.82, 2.24) is 5.32 Å². The first-order valence-corrected chi connectivity index (χ1v) is 2.57. The lowest BCUT2D eigenvalue weighted by Gasteiger charge is -2.23. The molecule has 46 valence electrons. The van der Waals surface area contributed by atoms with Crippen LogP contribution in [-0.4, -0.2) is 19.3 Å². The smallest absolute Gasteiger partial charge is 0.186 e. The van der Waals surface area contributed by atoms with Gasteiger partial charge in [0.1, 0.15) is 0 Å². The minimum absolute atomic E-state index is 0. The van der Waals surface area contributed by atoms with Crippen molar-refractivity contribution < 1.29 is 0 Å². The monoisotopic (exact) mass is 133 g/mol. The number of hydrogen-bond acceptors (Lipinski definition) is 3. The number of nitrogens with zero attached hydrogens (tertiary/aromatic N) is 2. The van der Waals surface area contributed by atoms with E-state index < -0.39 is 0 Å². The van der Waals surface area contributed by atoms with Crippen LogP contribution in [0.5, 0.6) is 0 Å². The topological polar surface area (TPSA) is 36.8 Å². The summed E-state index contributed by atoms with van der Waals surface area (Å²) in [7, 11) is 0. The zero-order valence-corrected chi connectivity index (χ0v) is 5.19. The second kappa shape index (κ2) is 1.99. The maximum Gasteiger partial charge on any atom is 0.186 e. The summed E-state index contributed by atoms with van der Waals surface area (Å²) in [5.74, 6) is 0.750. The first-order chi connectivity index (χ1) is 3.47. The van der Waals surface area contributed by atoms with Gasteiger partial charge in [-0.2, -0.15) is 10.2 Å². The Hall–Kier alpha value is -0.150. The molecule has 1 N–H and O–H groups in total. The number of halogens is 1. The zero-order chi connectivity index (χ0) is 4.69. The van der Waals surface area contributed by atoms with E-state index >= 15 is 0 Å². The molecule has 0 spiro atoms. The number of nitrogens with one attached hydrogen (secondary N) is 1. The minimum Gasteiger partial charge on any atom is -0.316 e. The van der Waals surface area contributed by atoms with Gasteiger partial charge >= 0.3 is 0 Å². The van der Waals surface area contributed by atoms with Crippen LogP contribution in [0.2, 0.25) is 0 Å². The maximum absolute atomic E-state index is 3.81. The lowest BCUT2D eigenvalue weighted by atomic mass is 10.0. The molecule has 3 nitrogen and oxygen atoms in total. The van der Waals surface area contributed by atoms with E-state index in [1.165, 1.54) is 0 Å². The van der Waals surface area contributed by atoms with Gasteiger partial charge in [0.2, 0.25) is 0 Å². The Morgan fingerprint density at radius 1 is 1.25 bits per heavy atom. The molecule has 4 heteroatoms. The summed E-state index contributed by atoms with van der Waals surface area (Å²) in [6.07, 6.45) is 0.390. The molecule has 0 amide bonds. The molecule has 2 rings (SSSR count). The van der Waals surface area contributed by atoms with Gasteiger partial charge < -0.3 is 5.32 Å². The first-order valence-electron chi connectivity index (χ1n) is 2.57. The molecule has 8 heavy (non-hydrogen) atoms. The van der Waals surface area contributed by atoms with Crippen LogP contribution in [0, 0.1) is 5.92 Å². The van der Waals surface area contributed by atoms with Gasteiger partial charge in [-0.25, -0.2) is 0 Å². The minimum atomic E-state index is 0. The highest BCUT2D eigenvalue weighted by molar-refractivity contribution is 5.85. The largest absolute Gasteiger partial charge is 0.316 e. The van der Waals surface area contributed by atoms with E-state index in [4.69, 9.17) is 0 Å². The fourth-order valence-corrected chi connectivity index (χ4v) is 0.749. The highest BCUT2D eigenvalue weighted by Crippen LogP contribution is 2.23. The summed E-state index contributed by atoms with van der Waals surface area (Å²) in [4.78, 5) is 0. The van der Waals surface area contributed by atoms with Crippen molar-refractivity contribution in [1.29, 1.82) is 0 Å². The molecule has 0 bridgehead atoms. The third kappa shape index (κ3) is 0.833. The summed E-state index contributed by atoms with van der Waals surface area (Å²) < 4.78 is 0. The van der Waals surface area contributed by atoms with Crippen molar-refractivity contribution in [2.45, 2.75) is 6.17 Å². The molecule has 0 aromatic rings. The average molecular weight is 134 g/mol. The quantitative estimate of drug-likeness (QED) is 0.553. The van der Waals surface area contributed by atoms with Crippen LogP contribution < -0.4 is 5.32 Å². The SMILES string of the molecule is C1NCC1C1N=N1.Cl. The third-order valence-corrected chi connectivity index (χ3v) is 1.48. The Morgan fingerprint density at radius 3 is 2.00 bits per heavy atom. The van der Waals surface area contributed by atoms with Gasteiger partial charge in [-0.05, 0) is 0 Å². The van der Waals surface area contributed by atoms with Crippen molar-refractivity contribution in [3.05, 3.63) is 0 Å². The predicted octanol–water partition coefficient (Wildman–Crippen LogP) is 0.419. The van der Waals surface area contributed by atoms with Crippen LogP contribution in [0.4, 0.5) is 0 Å². The second-order valence-corrected chi connectivity index (χ2v) is 2.06. The predicted molar refractivity (Wildman–Crippen MR) is 32.3 cm³/mol. The summed E-state index contributed by atoms with van der Waals surface area (Å²) >= 11 is 0. The third-order valence-electron chi connectivity index (χ3n) is 1.48. The Bertz CT molecular complexity index is 104. The van der Waals surface area contributed by atoms with Gasteiger partial charge in [0.05, 0.1) is 0 Å². The summed E-state index contributed by atoms with van der Waals surface area (Å²) in [6.45, 7) is 2.25. The molecule has 1 fully saturated rings. The van der Waals surface area contributed by atoms with Gasteiger partial charge in [-0.15, -0.1) is 12.4 Å². The first kappa shape index (κ1) is 5.98. The molecule has 0 aromatic heterocycles. The lowest BCUT2D eigenvalue weighted by molar-refractivity contribution is 0.336. The van der Waals surface area contributed by atoms with Crippen molar-refractivity contribution in [2.75, 3.05) is 13.1 Å². The molecule has 2 heterocycles. The van der Waals surface area contributed by atoms with E-state index in [0.29, 0.717) is 6.17 Å². The molecule has 2 aliphatic heterocycles. The normalized spacial score (nSPS) is 26.5. The van der Waals surface area contributed by atoms with Gasteiger partial charge in [0.15, 0.2) is 6.17 Å². The summed E-state index contributed by atoms with van der Waals surface area (Å²) in [5, 5.41) is 10.8. The van der Waals surface area contributed by atoms with Gasteiger partial charge in [-0.1, -0.05) is 0 Å². The second-order valence-electron chi connectivity index (χ2n) is 2.06. The number of rotatable bonds is 1. The summed E-state index contributed by atoms with van der Waals surface area (Å²) in [5.41, 5.74) is 0. The summed E-state index contributed by atoms with van der Waals surface area (Å²) in [6, 6.07) is 0. The molecule has 0 atom stereocenters. The van der Waals surface area contributed by atoms with Crippen molar-refractivity contribution in [3.8, 4) is 0 Å². The average Bonchev–Trinajstić information content (AvgIpc) is 2.10. The molecule has 1 saturated heterocycles. The van der Waals surface area contributed by atoms with Gasteiger partial charge in [0.25, 0.3) is 0 Å².